The molecule has 0 bridgehead atoms. The van der Waals surface area contributed by atoms with E-state index in [0.29, 0.717) is 5.56 Å². The van der Waals surface area contributed by atoms with Crippen molar-refractivity contribution < 1.29 is 0 Å². The van der Waals surface area contributed by atoms with Gasteiger partial charge in [-0.05, 0) is 59.2 Å². The van der Waals surface area contributed by atoms with Crippen LogP contribution in [0.3, 0.4) is 0 Å². The summed E-state index contributed by atoms with van der Waals surface area (Å²) in [6, 6.07) is 38.2. The Hall–Kier alpha value is -4.33. The molecule has 0 spiro atoms. The van der Waals surface area contributed by atoms with E-state index in [1.807, 2.05) is 17.8 Å². The molecule has 0 saturated heterocycles. The van der Waals surface area contributed by atoms with Crippen molar-refractivity contribution in [1.82, 2.24) is 4.98 Å². The summed E-state index contributed by atoms with van der Waals surface area (Å²) in [5.41, 5.74) is 8.28. The predicted molar refractivity (Wildman–Crippen MR) is 139 cm³/mol. The van der Waals surface area contributed by atoms with Gasteiger partial charge < -0.3 is 4.90 Å². The summed E-state index contributed by atoms with van der Waals surface area (Å²) in [4.78, 5) is 8.91. The Labute approximate surface area is 203 Å². The number of rotatable bonds is 3. The van der Waals surface area contributed by atoms with E-state index in [0.717, 1.165) is 27.9 Å². The predicted octanol–water partition coefficient (Wildman–Crippen LogP) is 8.22. The number of benzene rings is 4. The second-order valence-electron chi connectivity index (χ2n) is 8.03. The van der Waals surface area contributed by atoms with Gasteiger partial charge in [0.2, 0.25) is 0 Å². The molecule has 0 N–H and O–H groups in total. The number of nitrogens with zero attached hydrogens (tertiary/aromatic N) is 3. The Morgan fingerprint density at radius 1 is 0.676 bits per heavy atom. The lowest BCUT2D eigenvalue weighted by Gasteiger charge is -2.33. The molecule has 160 valence electrons. The van der Waals surface area contributed by atoms with Crippen molar-refractivity contribution >= 4 is 28.8 Å². The van der Waals surface area contributed by atoms with Crippen LogP contribution in [0.2, 0.25) is 0 Å². The summed E-state index contributed by atoms with van der Waals surface area (Å²) in [5.74, 6) is 0. The second-order valence-corrected chi connectivity index (χ2v) is 9.12. The van der Waals surface area contributed by atoms with Gasteiger partial charge in [0.25, 0.3) is 0 Å². The number of para-hydroxylation sites is 2. The molecule has 1 aromatic heterocycles. The van der Waals surface area contributed by atoms with Crippen molar-refractivity contribution in [3.05, 3.63) is 121 Å². The van der Waals surface area contributed by atoms with E-state index in [9.17, 15) is 5.26 Å². The Balaban J connectivity index is 1.41. The molecule has 0 unspecified atom stereocenters. The van der Waals surface area contributed by atoms with Crippen LogP contribution in [0.5, 0.6) is 0 Å². The van der Waals surface area contributed by atoms with Crippen molar-refractivity contribution in [3.63, 3.8) is 0 Å². The van der Waals surface area contributed by atoms with E-state index in [1.165, 1.54) is 21.2 Å². The van der Waals surface area contributed by atoms with Gasteiger partial charge in [-0.3, -0.25) is 4.98 Å². The Kier molecular flexibility index (Phi) is 5.10. The topological polar surface area (TPSA) is 39.9 Å². The fourth-order valence-electron chi connectivity index (χ4n) is 4.38. The summed E-state index contributed by atoms with van der Waals surface area (Å²) in [5, 5.41) is 9.41. The van der Waals surface area contributed by atoms with Crippen molar-refractivity contribution in [2.24, 2.45) is 0 Å². The quantitative estimate of drug-likeness (QED) is 0.271. The molecule has 1 aliphatic rings. The maximum absolute atomic E-state index is 9.41. The average molecular weight is 454 g/mol. The highest BCUT2D eigenvalue weighted by Gasteiger charge is 2.24. The van der Waals surface area contributed by atoms with Crippen LogP contribution in [0, 0.1) is 11.3 Å². The molecule has 0 saturated carbocycles. The van der Waals surface area contributed by atoms with Crippen molar-refractivity contribution in [3.8, 4) is 28.3 Å². The zero-order chi connectivity index (χ0) is 22.9. The highest BCUT2D eigenvalue weighted by molar-refractivity contribution is 7.99. The lowest BCUT2D eigenvalue weighted by Crippen LogP contribution is -2.14. The summed E-state index contributed by atoms with van der Waals surface area (Å²) in [6.45, 7) is 0. The summed E-state index contributed by atoms with van der Waals surface area (Å²) in [7, 11) is 0. The smallest absolute Gasteiger partial charge is 0.101 e. The van der Waals surface area contributed by atoms with Gasteiger partial charge in [-0.25, -0.2) is 0 Å². The van der Waals surface area contributed by atoms with E-state index in [2.05, 4.69) is 113 Å². The lowest BCUT2D eigenvalue weighted by atomic mass is 9.98. The van der Waals surface area contributed by atoms with Crippen molar-refractivity contribution in [2.45, 2.75) is 9.79 Å². The van der Waals surface area contributed by atoms with Crippen LogP contribution in [-0.4, -0.2) is 4.98 Å². The molecular formula is C30H19N3S. The first kappa shape index (κ1) is 20.3. The third kappa shape index (κ3) is 3.53. The lowest BCUT2D eigenvalue weighted by molar-refractivity contribution is 1.17. The van der Waals surface area contributed by atoms with Gasteiger partial charge in [-0.2, -0.15) is 5.26 Å². The minimum absolute atomic E-state index is 0.581. The zero-order valence-corrected chi connectivity index (χ0v) is 19.0. The molecular weight excluding hydrogens is 434 g/mol. The fraction of sp³-hybridized carbons (Fsp3) is 0. The summed E-state index contributed by atoms with van der Waals surface area (Å²) >= 11 is 1.81. The Bertz CT molecular complexity index is 1500. The Morgan fingerprint density at radius 3 is 2.06 bits per heavy atom. The second kappa shape index (κ2) is 8.55. The van der Waals surface area contributed by atoms with Gasteiger partial charge in [-0.15, -0.1) is 0 Å². The van der Waals surface area contributed by atoms with Gasteiger partial charge in [0.05, 0.1) is 16.9 Å². The van der Waals surface area contributed by atoms with Crippen LogP contribution in [0.1, 0.15) is 5.56 Å². The molecule has 0 aliphatic carbocycles. The van der Waals surface area contributed by atoms with Gasteiger partial charge in [0, 0.05) is 33.4 Å². The molecule has 2 heterocycles. The number of hydrogen-bond acceptors (Lipinski definition) is 4. The number of fused-ring (bicyclic) bond motifs is 2. The number of hydrogen-bond donors (Lipinski definition) is 0. The van der Waals surface area contributed by atoms with E-state index >= 15 is 0 Å². The number of anilines is 3. The van der Waals surface area contributed by atoms with E-state index in [1.54, 1.807) is 12.4 Å². The van der Waals surface area contributed by atoms with Crippen LogP contribution in [0.25, 0.3) is 22.3 Å². The maximum Gasteiger partial charge on any atom is 0.101 e. The minimum atomic E-state index is 0.581. The number of aromatic nitrogens is 1. The standard InChI is InChI=1S/C30H19N3S/c31-19-24-20-32-17-16-26(24)22-14-12-21(13-15-22)23-6-5-7-25(18-23)33-27-8-1-3-10-29(27)34-30-11-4-2-9-28(30)33/h1-18,20H. The van der Waals surface area contributed by atoms with Gasteiger partial charge in [-0.1, -0.05) is 72.4 Å². The molecule has 6 rings (SSSR count). The van der Waals surface area contributed by atoms with Crippen LogP contribution < -0.4 is 4.90 Å². The molecule has 3 nitrogen and oxygen atoms in total. The van der Waals surface area contributed by atoms with Crippen molar-refractivity contribution in [2.75, 3.05) is 4.90 Å². The van der Waals surface area contributed by atoms with E-state index in [-0.39, 0.29) is 0 Å². The third-order valence-corrected chi connectivity index (χ3v) is 7.14. The number of pyridine rings is 1. The molecule has 1 aliphatic heterocycles. The highest BCUT2D eigenvalue weighted by Crippen LogP contribution is 2.51. The minimum Gasteiger partial charge on any atom is -0.308 e. The highest BCUT2D eigenvalue weighted by atomic mass is 32.2. The summed E-state index contributed by atoms with van der Waals surface area (Å²) < 4.78 is 0. The van der Waals surface area contributed by atoms with Gasteiger partial charge in [0.1, 0.15) is 6.07 Å². The average Bonchev–Trinajstić information content (AvgIpc) is 2.92. The summed E-state index contributed by atoms with van der Waals surface area (Å²) in [6.07, 6.45) is 3.33. The van der Waals surface area contributed by atoms with Crippen LogP contribution in [0.4, 0.5) is 17.1 Å². The van der Waals surface area contributed by atoms with Crippen LogP contribution in [-0.2, 0) is 0 Å². The maximum atomic E-state index is 9.41. The Morgan fingerprint density at radius 2 is 1.35 bits per heavy atom. The van der Waals surface area contributed by atoms with Gasteiger partial charge >= 0.3 is 0 Å². The molecule has 4 heteroatoms. The monoisotopic (exact) mass is 453 g/mol. The van der Waals surface area contributed by atoms with E-state index < -0.39 is 0 Å². The third-order valence-electron chi connectivity index (χ3n) is 6.01. The fourth-order valence-corrected chi connectivity index (χ4v) is 5.44. The van der Waals surface area contributed by atoms with Gasteiger partial charge in [0.15, 0.2) is 0 Å². The first-order valence-corrected chi connectivity index (χ1v) is 11.8. The number of nitriles is 1. The largest absolute Gasteiger partial charge is 0.308 e. The molecule has 5 aromatic rings. The van der Waals surface area contributed by atoms with Crippen LogP contribution >= 0.6 is 11.8 Å². The molecule has 0 atom stereocenters. The van der Waals surface area contributed by atoms with Crippen molar-refractivity contribution in [1.29, 1.82) is 5.26 Å². The molecule has 0 fully saturated rings. The zero-order valence-electron chi connectivity index (χ0n) is 18.2. The van der Waals surface area contributed by atoms with Crippen LogP contribution in [0.15, 0.2) is 125 Å². The molecule has 34 heavy (non-hydrogen) atoms. The van der Waals surface area contributed by atoms with E-state index in [4.69, 9.17) is 0 Å². The first-order chi connectivity index (χ1) is 16.8. The first-order valence-electron chi connectivity index (χ1n) is 11.0. The SMILES string of the molecule is N#Cc1cnccc1-c1ccc(-c2cccc(N3c4ccccc4Sc4ccccc43)c2)cc1. The molecule has 0 amide bonds. The molecule has 0 radical (unpaired) electrons. The normalized spacial score (nSPS) is 11.9. The molecule has 4 aromatic carbocycles.